The number of hydrogen-bond acceptors (Lipinski definition) is 3. The second-order valence-corrected chi connectivity index (χ2v) is 3.36. The number of nitrogens with two attached hydrogens (primary N) is 1. The average Bonchev–Trinajstić information content (AvgIpc) is 2.01. The van der Waals surface area contributed by atoms with E-state index in [1.807, 2.05) is 26.0 Å². The zero-order valence-corrected chi connectivity index (χ0v) is 8.93. The highest BCUT2D eigenvalue weighted by Gasteiger charge is 1.93. The Hall–Kier alpha value is -1.49. The van der Waals surface area contributed by atoms with Gasteiger partial charge in [-0.3, -0.25) is 10.4 Å². The maximum atomic E-state index is 5.21. The van der Waals surface area contributed by atoms with Crippen LogP contribution in [-0.4, -0.2) is 16.3 Å². The van der Waals surface area contributed by atoms with Crippen molar-refractivity contribution in [3.05, 3.63) is 29.1 Å². The summed E-state index contributed by atoms with van der Waals surface area (Å²) >= 11 is 4.60. The fourth-order valence-corrected chi connectivity index (χ4v) is 1.16. The summed E-state index contributed by atoms with van der Waals surface area (Å²) in [5, 5.41) is 4.01. The number of aryl methyl sites for hydroxylation is 2. The smallest absolute Gasteiger partial charge is 0.184 e. The molecule has 1 rings (SSSR count). The Bertz CT molecular complexity index is 353. The van der Waals surface area contributed by atoms with Crippen molar-refractivity contribution in [1.29, 1.82) is 0 Å². The van der Waals surface area contributed by atoms with Crippen LogP contribution >= 0.6 is 12.2 Å². The van der Waals surface area contributed by atoms with E-state index in [4.69, 9.17) is 5.73 Å². The van der Waals surface area contributed by atoms with Gasteiger partial charge in [-0.1, -0.05) is 0 Å². The summed E-state index contributed by atoms with van der Waals surface area (Å²) in [4.78, 5) is 4.24. The molecule has 0 aliphatic heterocycles. The van der Waals surface area contributed by atoms with Gasteiger partial charge in [-0.05, 0) is 43.8 Å². The Morgan fingerprint density at radius 1 is 1.50 bits per heavy atom. The van der Waals surface area contributed by atoms with Crippen molar-refractivity contribution in [2.24, 2.45) is 10.8 Å². The van der Waals surface area contributed by atoms with Gasteiger partial charge in [-0.25, -0.2) is 0 Å². The van der Waals surface area contributed by atoms with Crippen LogP contribution in [0.5, 0.6) is 0 Å². The molecule has 0 amide bonds. The molecule has 1 heterocycles. The summed E-state index contributed by atoms with van der Waals surface area (Å²) in [5.74, 6) is 0. The van der Waals surface area contributed by atoms with E-state index in [2.05, 4.69) is 27.7 Å². The number of aromatic nitrogens is 1. The molecule has 0 aromatic carbocycles. The Balaban J connectivity index is 2.76. The normalized spacial score (nSPS) is 10.4. The first kappa shape index (κ1) is 10.6. The third-order valence-corrected chi connectivity index (χ3v) is 1.58. The summed E-state index contributed by atoms with van der Waals surface area (Å²) < 4.78 is 0. The number of hydrazone groups is 1. The number of rotatable bonds is 2. The lowest BCUT2D eigenvalue weighted by Gasteiger charge is -1.98. The summed E-state index contributed by atoms with van der Waals surface area (Å²) in [6.07, 6.45) is 1.65. The first-order valence-electron chi connectivity index (χ1n) is 4.12. The number of hydrogen-bond donors (Lipinski definition) is 2. The van der Waals surface area contributed by atoms with E-state index in [0.29, 0.717) is 0 Å². The van der Waals surface area contributed by atoms with E-state index in [-0.39, 0.29) is 5.11 Å². The van der Waals surface area contributed by atoms with Crippen LogP contribution in [0.3, 0.4) is 0 Å². The molecule has 5 heteroatoms. The first-order chi connectivity index (χ1) is 6.58. The molecule has 0 spiro atoms. The summed E-state index contributed by atoms with van der Waals surface area (Å²) in [5.41, 5.74) is 10.6. The predicted molar refractivity (Wildman–Crippen MR) is 61.2 cm³/mol. The van der Waals surface area contributed by atoms with Crippen LogP contribution in [0.2, 0.25) is 0 Å². The molecule has 1 aromatic rings. The molecule has 0 aliphatic rings. The van der Waals surface area contributed by atoms with Gasteiger partial charge in [0, 0.05) is 11.4 Å². The van der Waals surface area contributed by atoms with E-state index in [1.54, 1.807) is 6.21 Å². The number of nitrogens with one attached hydrogen (secondary N) is 1. The Morgan fingerprint density at radius 3 is 2.57 bits per heavy atom. The van der Waals surface area contributed by atoms with Gasteiger partial charge in [0.2, 0.25) is 0 Å². The van der Waals surface area contributed by atoms with Crippen molar-refractivity contribution in [1.82, 2.24) is 10.4 Å². The van der Waals surface area contributed by atoms with Crippen LogP contribution in [0, 0.1) is 13.8 Å². The molecule has 0 bridgehead atoms. The van der Waals surface area contributed by atoms with Gasteiger partial charge in [0.1, 0.15) is 0 Å². The maximum absolute atomic E-state index is 5.21. The first-order valence-corrected chi connectivity index (χ1v) is 4.52. The molecule has 74 valence electrons. The van der Waals surface area contributed by atoms with Gasteiger partial charge in [-0.2, -0.15) is 5.10 Å². The van der Waals surface area contributed by atoms with E-state index in [9.17, 15) is 0 Å². The zero-order valence-electron chi connectivity index (χ0n) is 8.11. The molecular formula is C9H12N4S. The molecule has 0 unspecified atom stereocenters. The quantitative estimate of drug-likeness (QED) is 0.430. The molecule has 0 fully saturated rings. The minimum atomic E-state index is 0.156. The third kappa shape index (κ3) is 3.49. The molecule has 3 N–H and O–H groups in total. The number of pyridine rings is 1. The average molecular weight is 208 g/mol. The third-order valence-electron chi connectivity index (χ3n) is 1.49. The fourth-order valence-electron chi connectivity index (χ4n) is 1.11. The monoisotopic (exact) mass is 208 g/mol. The van der Waals surface area contributed by atoms with E-state index >= 15 is 0 Å². The van der Waals surface area contributed by atoms with Gasteiger partial charge in [0.05, 0.1) is 6.21 Å². The predicted octanol–water partition coefficient (Wildman–Crippen LogP) is 0.866. The fraction of sp³-hybridized carbons (Fsp3) is 0.222. The lowest BCUT2D eigenvalue weighted by Crippen LogP contribution is -2.24. The van der Waals surface area contributed by atoms with Gasteiger partial charge in [-0.15, -0.1) is 0 Å². The lowest BCUT2D eigenvalue weighted by atomic mass is 10.2. The molecule has 14 heavy (non-hydrogen) atoms. The minimum absolute atomic E-state index is 0.156. The van der Waals surface area contributed by atoms with Gasteiger partial charge in [0.15, 0.2) is 5.11 Å². The van der Waals surface area contributed by atoms with Crippen molar-refractivity contribution >= 4 is 23.5 Å². The van der Waals surface area contributed by atoms with Gasteiger partial charge in [0.25, 0.3) is 0 Å². The highest BCUT2D eigenvalue weighted by molar-refractivity contribution is 7.80. The van der Waals surface area contributed by atoms with Crippen LogP contribution in [0.1, 0.15) is 17.0 Å². The summed E-state index contributed by atoms with van der Waals surface area (Å²) in [6.45, 7) is 3.87. The van der Waals surface area contributed by atoms with E-state index in [1.165, 1.54) is 0 Å². The van der Waals surface area contributed by atoms with Crippen molar-refractivity contribution < 1.29 is 0 Å². The Morgan fingerprint density at radius 2 is 2.07 bits per heavy atom. The standard InChI is InChI=1S/C9H12N4S/c1-6-3-8(4-7(2)12-6)5-11-13-9(10)14/h3-5H,1-2H3,(H3,10,13,14). The number of thiocarbonyl (C=S) groups is 1. The zero-order chi connectivity index (χ0) is 10.6. The highest BCUT2D eigenvalue weighted by atomic mass is 32.1. The van der Waals surface area contributed by atoms with Crippen LogP contribution in [0.15, 0.2) is 17.2 Å². The Labute approximate surface area is 88.2 Å². The van der Waals surface area contributed by atoms with Crippen molar-refractivity contribution in [3.8, 4) is 0 Å². The van der Waals surface area contributed by atoms with Crippen molar-refractivity contribution in [2.45, 2.75) is 13.8 Å². The topological polar surface area (TPSA) is 63.3 Å². The van der Waals surface area contributed by atoms with Gasteiger partial charge >= 0.3 is 0 Å². The minimum Gasteiger partial charge on any atom is -0.375 e. The molecule has 4 nitrogen and oxygen atoms in total. The molecule has 1 aromatic heterocycles. The Kier molecular flexibility index (Phi) is 3.53. The van der Waals surface area contributed by atoms with Gasteiger partial charge < -0.3 is 5.73 Å². The second-order valence-electron chi connectivity index (χ2n) is 2.92. The molecule has 0 aliphatic carbocycles. The summed E-state index contributed by atoms with van der Waals surface area (Å²) in [7, 11) is 0. The van der Waals surface area contributed by atoms with Crippen molar-refractivity contribution in [2.75, 3.05) is 0 Å². The van der Waals surface area contributed by atoms with Crippen LogP contribution in [0.25, 0.3) is 0 Å². The van der Waals surface area contributed by atoms with Crippen molar-refractivity contribution in [3.63, 3.8) is 0 Å². The molecule has 0 radical (unpaired) electrons. The molecular weight excluding hydrogens is 196 g/mol. The van der Waals surface area contributed by atoms with E-state index in [0.717, 1.165) is 17.0 Å². The molecule has 0 saturated heterocycles. The molecule has 0 saturated carbocycles. The van der Waals surface area contributed by atoms with Crippen LogP contribution in [0.4, 0.5) is 0 Å². The largest absolute Gasteiger partial charge is 0.375 e. The summed E-state index contributed by atoms with van der Waals surface area (Å²) in [6, 6.07) is 3.86. The second kappa shape index (κ2) is 4.66. The maximum Gasteiger partial charge on any atom is 0.184 e. The highest BCUT2D eigenvalue weighted by Crippen LogP contribution is 2.01. The van der Waals surface area contributed by atoms with E-state index < -0.39 is 0 Å². The lowest BCUT2D eigenvalue weighted by molar-refractivity contribution is 1.04. The number of nitrogens with zero attached hydrogens (tertiary/aromatic N) is 2. The molecule has 0 atom stereocenters. The van der Waals surface area contributed by atoms with Crippen LogP contribution < -0.4 is 11.2 Å². The SMILES string of the molecule is Cc1cc(C=NNC(N)=S)cc(C)n1. The van der Waals surface area contributed by atoms with Crippen LogP contribution in [-0.2, 0) is 0 Å².